The average Bonchev–Trinajstić information content (AvgIpc) is 2.84. The molecule has 0 bridgehead atoms. The van der Waals surface area contributed by atoms with E-state index < -0.39 is 0 Å². The number of aromatic nitrogens is 3. The van der Waals surface area contributed by atoms with Crippen LogP contribution in [0.25, 0.3) is 22.2 Å². The Labute approximate surface area is 127 Å². The van der Waals surface area contributed by atoms with Gasteiger partial charge in [-0.05, 0) is 17.7 Å². The molecule has 5 heteroatoms. The molecule has 0 fully saturated rings. The molecular formula is C16H14ClN3O. The standard InChI is InChI=1S/C16H14ClN3O/c1-20-8-11(10-4-2-3-5-14(10)20)15-12-9-21-7-6-13(12)18-16(17)19-15/h2-5,8H,6-7,9H2,1H3. The number of benzene rings is 1. The van der Waals surface area contributed by atoms with Gasteiger partial charge in [0, 0.05) is 41.7 Å². The molecule has 0 saturated carbocycles. The molecule has 1 aromatic carbocycles. The average molecular weight is 300 g/mol. The molecule has 4 rings (SSSR count). The molecule has 1 aliphatic rings. The summed E-state index contributed by atoms with van der Waals surface area (Å²) in [7, 11) is 2.04. The van der Waals surface area contributed by atoms with Crippen LogP contribution < -0.4 is 0 Å². The van der Waals surface area contributed by atoms with Gasteiger partial charge in [0.1, 0.15) is 0 Å². The first-order chi connectivity index (χ1) is 10.2. The fourth-order valence-corrected chi connectivity index (χ4v) is 3.14. The Hall–Kier alpha value is -1.91. The zero-order valence-electron chi connectivity index (χ0n) is 11.6. The third kappa shape index (κ3) is 2.03. The summed E-state index contributed by atoms with van der Waals surface area (Å²) < 4.78 is 7.69. The van der Waals surface area contributed by atoms with Gasteiger partial charge in [0.2, 0.25) is 5.28 Å². The number of fused-ring (bicyclic) bond motifs is 2. The number of rotatable bonds is 1. The van der Waals surface area contributed by atoms with Crippen LogP contribution in [-0.2, 0) is 24.8 Å². The number of halogens is 1. The van der Waals surface area contributed by atoms with Gasteiger partial charge in [-0.25, -0.2) is 9.97 Å². The van der Waals surface area contributed by atoms with Gasteiger partial charge >= 0.3 is 0 Å². The van der Waals surface area contributed by atoms with Crippen molar-refractivity contribution in [2.75, 3.05) is 6.61 Å². The van der Waals surface area contributed by atoms with Gasteiger partial charge in [-0.2, -0.15) is 0 Å². The van der Waals surface area contributed by atoms with Gasteiger partial charge < -0.3 is 9.30 Å². The number of nitrogens with zero attached hydrogens (tertiary/aromatic N) is 3. The lowest BCUT2D eigenvalue weighted by Crippen LogP contribution is -2.14. The maximum absolute atomic E-state index is 6.12. The fourth-order valence-electron chi connectivity index (χ4n) is 2.95. The number of ether oxygens (including phenoxy) is 1. The number of hydrogen-bond acceptors (Lipinski definition) is 3. The smallest absolute Gasteiger partial charge is 0.223 e. The van der Waals surface area contributed by atoms with Crippen LogP contribution in [0.2, 0.25) is 5.28 Å². The van der Waals surface area contributed by atoms with E-state index in [0.717, 1.165) is 28.9 Å². The second-order valence-corrected chi connectivity index (χ2v) is 5.58. The highest BCUT2D eigenvalue weighted by atomic mass is 35.5. The van der Waals surface area contributed by atoms with Crippen molar-refractivity contribution in [1.29, 1.82) is 0 Å². The molecule has 0 N–H and O–H groups in total. The van der Waals surface area contributed by atoms with Crippen LogP contribution >= 0.6 is 11.6 Å². The molecular weight excluding hydrogens is 286 g/mol. The van der Waals surface area contributed by atoms with E-state index >= 15 is 0 Å². The van der Waals surface area contributed by atoms with Crippen molar-refractivity contribution in [3.63, 3.8) is 0 Å². The SMILES string of the molecule is Cn1cc(-c2nc(Cl)nc3c2COCC3)c2ccccc21. The van der Waals surface area contributed by atoms with Crippen molar-refractivity contribution in [2.45, 2.75) is 13.0 Å². The summed E-state index contributed by atoms with van der Waals surface area (Å²) in [5.41, 5.74) is 5.21. The zero-order valence-corrected chi connectivity index (χ0v) is 12.4. The quantitative estimate of drug-likeness (QED) is 0.647. The lowest BCUT2D eigenvalue weighted by Gasteiger charge is -2.18. The van der Waals surface area contributed by atoms with Crippen molar-refractivity contribution in [1.82, 2.24) is 14.5 Å². The molecule has 0 aliphatic carbocycles. The molecule has 21 heavy (non-hydrogen) atoms. The number of para-hydroxylation sites is 1. The fraction of sp³-hybridized carbons (Fsp3) is 0.250. The van der Waals surface area contributed by atoms with E-state index in [4.69, 9.17) is 16.3 Å². The topological polar surface area (TPSA) is 39.9 Å². The zero-order chi connectivity index (χ0) is 14.4. The lowest BCUT2D eigenvalue weighted by atomic mass is 10.0. The van der Waals surface area contributed by atoms with E-state index in [1.54, 1.807) is 0 Å². The van der Waals surface area contributed by atoms with Gasteiger partial charge in [-0.1, -0.05) is 18.2 Å². The van der Waals surface area contributed by atoms with Crippen LogP contribution in [0.15, 0.2) is 30.5 Å². The van der Waals surface area contributed by atoms with Crippen molar-refractivity contribution < 1.29 is 4.74 Å². The largest absolute Gasteiger partial charge is 0.376 e. The van der Waals surface area contributed by atoms with Gasteiger partial charge in [-0.3, -0.25) is 0 Å². The summed E-state index contributed by atoms with van der Waals surface area (Å²) in [6, 6.07) is 8.29. The van der Waals surface area contributed by atoms with Crippen molar-refractivity contribution in [2.24, 2.45) is 7.05 Å². The maximum atomic E-state index is 6.12. The maximum Gasteiger partial charge on any atom is 0.223 e. The molecule has 3 aromatic rings. The second-order valence-electron chi connectivity index (χ2n) is 5.24. The molecule has 0 atom stereocenters. The first kappa shape index (κ1) is 12.8. The molecule has 0 spiro atoms. The predicted molar refractivity (Wildman–Crippen MR) is 82.3 cm³/mol. The summed E-state index contributed by atoms with van der Waals surface area (Å²) in [5, 5.41) is 1.47. The molecule has 2 aromatic heterocycles. The molecule has 0 unspecified atom stereocenters. The van der Waals surface area contributed by atoms with Crippen molar-refractivity contribution >= 4 is 22.5 Å². The van der Waals surface area contributed by atoms with E-state index in [0.29, 0.717) is 18.5 Å². The molecule has 0 amide bonds. The Bertz CT molecular complexity index is 841. The highest BCUT2D eigenvalue weighted by Gasteiger charge is 2.21. The summed E-state index contributed by atoms with van der Waals surface area (Å²) in [6.45, 7) is 1.24. The monoisotopic (exact) mass is 299 g/mol. The number of hydrogen-bond donors (Lipinski definition) is 0. The Morgan fingerprint density at radius 3 is 3.00 bits per heavy atom. The van der Waals surface area contributed by atoms with Crippen LogP contribution in [-0.4, -0.2) is 21.1 Å². The molecule has 0 radical (unpaired) electrons. The summed E-state index contributed by atoms with van der Waals surface area (Å²) >= 11 is 6.12. The second kappa shape index (κ2) is 4.83. The van der Waals surface area contributed by atoms with Crippen LogP contribution in [0.1, 0.15) is 11.3 Å². The summed E-state index contributed by atoms with van der Waals surface area (Å²) in [5.74, 6) is 0. The lowest BCUT2D eigenvalue weighted by molar-refractivity contribution is 0.109. The molecule has 4 nitrogen and oxygen atoms in total. The van der Waals surface area contributed by atoms with Crippen LogP contribution in [0.3, 0.4) is 0 Å². The Morgan fingerprint density at radius 1 is 1.24 bits per heavy atom. The van der Waals surface area contributed by atoms with Gasteiger partial charge in [0.15, 0.2) is 0 Å². The minimum atomic E-state index is 0.304. The Morgan fingerprint density at radius 2 is 2.10 bits per heavy atom. The van der Waals surface area contributed by atoms with Crippen LogP contribution in [0.5, 0.6) is 0 Å². The highest BCUT2D eigenvalue weighted by Crippen LogP contribution is 2.34. The third-order valence-electron chi connectivity index (χ3n) is 3.95. The Balaban J connectivity index is 2.03. The van der Waals surface area contributed by atoms with E-state index in [9.17, 15) is 0 Å². The minimum absolute atomic E-state index is 0.304. The van der Waals surface area contributed by atoms with Gasteiger partial charge in [0.25, 0.3) is 0 Å². The molecule has 106 valence electrons. The normalized spacial score (nSPS) is 14.4. The Kier molecular flexibility index (Phi) is 2.94. The van der Waals surface area contributed by atoms with Crippen LogP contribution in [0, 0.1) is 0 Å². The van der Waals surface area contributed by atoms with E-state index in [1.165, 1.54) is 10.9 Å². The van der Waals surface area contributed by atoms with Gasteiger partial charge in [0.05, 0.1) is 24.6 Å². The third-order valence-corrected chi connectivity index (χ3v) is 4.12. The van der Waals surface area contributed by atoms with Crippen molar-refractivity contribution in [3.05, 3.63) is 47.0 Å². The first-order valence-electron chi connectivity index (χ1n) is 6.91. The predicted octanol–water partition coefficient (Wildman–Crippen LogP) is 3.36. The molecule has 3 heterocycles. The summed E-state index contributed by atoms with van der Waals surface area (Å²) in [4.78, 5) is 8.84. The molecule has 0 saturated heterocycles. The van der Waals surface area contributed by atoms with Crippen molar-refractivity contribution in [3.8, 4) is 11.3 Å². The van der Waals surface area contributed by atoms with Gasteiger partial charge in [-0.15, -0.1) is 0 Å². The molecule has 1 aliphatic heterocycles. The van der Waals surface area contributed by atoms with E-state index in [2.05, 4.69) is 32.9 Å². The first-order valence-corrected chi connectivity index (χ1v) is 7.29. The van der Waals surface area contributed by atoms with Crippen LogP contribution in [0.4, 0.5) is 0 Å². The number of aryl methyl sites for hydroxylation is 1. The van der Waals surface area contributed by atoms with E-state index in [-0.39, 0.29) is 0 Å². The highest BCUT2D eigenvalue weighted by molar-refractivity contribution is 6.28. The minimum Gasteiger partial charge on any atom is -0.376 e. The van der Waals surface area contributed by atoms with E-state index in [1.807, 2.05) is 19.2 Å². The summed E-state index contributed by atoms with van der Waals surface area (Å²) in [6.07, 6.45) is 2.88.